The monoisotopic (exact) mass is 454 g/mol. The lowest BCUT2D eigenvalue weighted by Gasteiger charge is -2.14. The number of hydrogen-bond donors (Lipinski definition) is 3. The molecule has 0 saturated heterocycles. The molecule has 2 rings (SSSR count). The number of carbonyl (C=O) groups is 2. The van der Waals surface area contributed by atoms with Crippen LogP contribution in [0.3, 0.4) is 0 Å². The van der Waals surface area contributed by atoms with Crippen molar-refractivity contribution in [2.45, 2.75) is 24.8 Å². The van der Waals surface area contributed by atoms with Gasteiger partial charge in [-0.2, -0.15) is 0 Å². The lowest BCUT2D eigenvalue weighted by atomic mass is 10.1. The first kappa shape index (κ1) is 24.0. The van der Waals surface area contributed by atoms with E-state index in [1.807, 2.05) is 0 Å². The summed E-state index contributed by atoms with van der Waals surface area (Å²) in [5.74, 6) is -0.481. The van der Waals surface area contributed by atoms with Crippen LogP contribution in [0.2, 0.25) is 0 Å². The van der Waals surface area contributed by atoms with Crippen LogP contribution in [0.1, 0.15) is 34.7 Å². The number of amides is 2. The van der Waals surface area contributed by atoms with E-state index < -0.39 is 21.8 Å². The predicted molar refractivity (Wildman–Crippen MR) is 112 cm³/mol. The van der Waals surface area contributed by atoms with Gasteiger partial charge in [-0.1, -0.05) is 0 Å². The minimum Gasteiger partial charge on any atom is -0.493 e. The van der Waals surface area contributed by atoms with Crippen LogP contribution >= 0.6 is 0 Å². The number of hydrazine groups is 1. The molecule has 170 valence electrons. The normalized spacial score (nSPS) is 11.2. The van der Waals surface area contributed by atoms with Crippen LogP contribution in [-0.2, 0) is 17.1 Å². The summed E-state index contributed by atoms with van der Waals surface area (Å²) in [6.45, 7) is 3.37. The van der Waals surface area contributed by atoms with Gasteiger partial charge in [-0.3, -0.25) is 20.4 Å². The number of aryl methyl sites for hydroxylation is 1. The Kier molecular flexibility index (Phi) is 7.52. The van der Waals surface area contributed by atoms with Crippen molar-refractivity contribution < 1.29 is 32.2 Å². The molecule has 0 fully saturated rings. The second-order valence-corrected chi connectivity index (χ2v) is 8.48. The molecule has 1 aromatic heterocycles. The highest BCUT2D eigenvalue weighted by Gasteiger charge is 2.22. The number of nitrogens with zero attached hydrogens (tertiary/aromatic N) is 1. The smallest absolute Gasteiger partial charge is 0.286 e. The first-order valence-electron chi connectivity index (χ1n) is 9.13. The Morgan fingerprint density at radius 1 is 0.935 bits per heavy atom. The summed E-state index contributed by atoms with van der Waals surface area (Å²) >= 11 is 0. The number of methoxy groups -OCH3 is 3. The number of ether oxygens (including phenoxy) is 3. The zero-order valence-corrected chi connectivity index (χ0v) is 18.9. The van der Waals surface area contributed by atoms with Crippen LogP contribution in [0.25, 0.3) is 0 Å². The molecule has 0 aliphatic carbocycles. The number of hydrogen-bond acceptors (Lipinski definition) is 7. The average molecular weight is 455 g/mol. The van der Waals surface area contributed by atoms with Crippen molar-refractivity contribution >= 4 is 21.8 Å². The molecule has 12 heteroatoms. The van der Waals surface area contributed by atoms with Gasteiger partial charge >= 0.3 is 0 Å². The molecule has 11 nitrogen and oxygen atoms in total. The van der Waals surface area contributed by atoms with Crippen molar-refractivity contribution in [3.8, 4) is 17.2 Å². The number of aromatic nitrogens is 1. The van der Waals surface area contributed by atoms with Gasteiger partial charge in [0.25, 0.3) is 11.8 Å². The van der Waals surface area contributed by atoms with Crippen LogP contribution in [-0.4, -0.2) is 52.2 Å². The number of nitrogens with one attached hydrogen (secondary N) is 3. The van der Waals surface area contributed by atoms with E-state index in [0.29, 0.717) is 5.75 Å². The third kappa shape index (κ3) is 5.47. The molecule has 1 aromatic carbocycles. The van der Waals surface area contributed by atoms with E-state index >= 15 is 0 Å². The van der Waals surface area contributed by atoms with E-state index in [-0.39, 0.29) is 33.7 Å². The summed E-state index contributed by atoms with van der Waals surface area (Å²) in [5, 5.41) is 0. The number of carbonyl (C=O) groups excluding carboxylic acids is 2. The third-order valence-corrected chi connectivity index (χ3v) is 5.76. The first-order chi connectivity index (χ1) is 14.5. The molecule has 0 bridgehead atoms. The summed E-state index contributed by atoms with van der Waals surface area (Å²) in [5.41, 5.74) is 4.72. The van der Waals surface area contributed by atoms with Crippen molar-refractivity contribution in [3.05, 3.63) is 35.7 Å². The zero-order chi connectivity index (χ0) is 23.3. The predicted octanol–water partition coefficient (Wildman–Crippen LogP) is 0.812. The maximum absolute atomic E-state index is 12.5. The van der Waals surface area contributed by atoms with Crippen LogP contribution < -0.4 is 29.8 Å². The van der Waals surface area contributed by atoms with Crippen LogP contribution in [0, 0.1) is 0 Å². The Bertz CT molecular complexity index is 1050. The molecule has 0 atom stereocenters. The fourth-order valence-electron chi connectivity index (χ4n) is 2.75. The van der Waals surface area contributed by atoms with Gasteiger partial charge in [-0.15, -0.1) is 0 Å². The lowest BCUT2D eigenvalue weighted by molar-refractivity contribution is 0.0841. The Labute approximate surface area is 180 Å². The minimum atomic E-state index is -3.77. The molecule has 2 amide bonds. The fourth-order valence-corrected chi connectivity index (χ4v) is 4.07. The highest BCUT2D eigenvalue weighted by molar-refractivity contribution is 7.89. The van der Waals surface area contributed by atoms with Crippen molar-refractivity contribution in [2.75, 3.05) is 21.3 Å². The maximum atomic E-state index is 12.5. The summed E-state index contributed by atoms with van der Waals surface area (Å²) in [4.78, 5) is 24.9. The molecule has 3 N–H and O–H groups in total. The molecule has 1 heterocycles. The standard InChI is InChI=1S/C19H26N4O7S/c1-11(2)22-31(26,27)13-9-14(23(3)10-13)19(25)21-20-18(24)12-7-15(28-4)17(30-6)16(8-12)29-5/h7-11,22H,1-6H3,(H,20,24)(H,21,25). The molecule has 0 unspecified atom stereocenters. The van der Waals surface area contributed by atoms with E-state index in [1.165, 1.54) is 57.3 Å². The first-order valence-corrected chi connectivity index (χ1v) is 10.6. The third-order valence-electron chi connectivity index (χ3n) is 4.13. The molecular formula is C19H26N4O7S. The summed E-state index contributed by atoms with van der Waals surface area (Å²) in [6, 6.07) is 3.76. The molecule has 2 aromatic rings. The molecule has 0 saturated carbocycles. The van der Waals surface area contributed by atoms with E-state index in [0.717, 1.165) is 0 Å². The lowest BCUT2D eigenvalue weighted by Crippen LogP contribution is -2.42. The Balaban J connectivity index is 2.17. The van der Waals surface area contributed by atoms with Gasteiger partial charge in [0.15, 0.2) is 11.5 Å². The van der Waals surface area contributed by atoms with E-state index in [2.05, 4.69) is 15.6 Å². The van der Waals surface area contributed by atoms with Crippen molar-refractivity contribution in [1.29, 1.82) is 0 Å². The maximum Gasteiger partial charge on any atom is 0.286 e. The summed E-state index contributed by atoms with van der Waals surface area (Å²) < 4.78 is 44.0. The van der Waals surface area contributed by atoms with Gasteiger partial charge in [0, 0.05) is 24.8 Å². The number of sulfonamides is 1. The topological polar surface area (TPSA) is 137 Å². The number of rotatable bonds is 8. The summed E-state index contributed by atoms with van der Waals surface area (Å²) in [7, 11) is 2.01. The highest BCUT2D eigenvalue weighted by atomic mass is 32.2. The molecule has 0 aliphatic rings. The van der Waals surface area contributed by atoms with E-state index in [1.54, 1.807) is 13.8 Å². The van der Waals surface area contributed by atoms with Crippen LogP contribution in [0.15, 0.2) is 29.3 Å². The summed E-state index contributed by atoms with van der Waals surface area (Å²) in [6.07, 6.45) is 1.31. The van der Waals surface area contributed by atoms with Gasteiger partial charge in [0.1, 0.15) is 10.6 Å². The van der Waals surface area contributed by atoms with Crippen molar-refractivity contribution in [2.24, 2.45) is 7.05 Å². The van der Waals surface area contributed by atoms with Gasteiger partial charge < -0.3 is 18.8 Å². The van der Waals surface area contributed by atoms with Gasteiger partial charge in [-0.25, -0.2) is 13.1 Å². The van der Waals surface area contributed by atoms with Gasteiger partial charge in [0.05, 0.1) is 21.3 Å². The zero-order valence-electron chi connectivity index (χ0n) is 18.1. The molecule has 0 aliphatic heterocycles. The van der Waals surface area contributed by atoms with E-state index in [4.69, 9.17) is 14.2 Å². The number of benzene rings is 1. The fraction of sp³-hybridized carbons (Fsp3) is 0.368. The van der Waals surface area contributed by atoms with Crippen molar-refractivity contribution in [3.63, 3.8) is 0 Å². The SMILES string of the molecule is COc1cc(C(=O)NNC(=O)c2cc(S(=O)(=O)NC(C)C)cn2C)cc(OC)c1OC. The van der Waals surface area contributed by atoms with E-state index in [9.17, 15) is 18.0 Å². The Morgan fingerprint density at radius 2 is 1.48 bits per heavy atom. The second kappa shape index (κ2) is 9.71. The average Bonchev–Trinajstić information content (AvgIpc) is 3.12. The highest BCUT2D eigenvalue weighted by Crippen LogP contribution is 2.38. The Morgan fingerprint density at radius 3 is 1.97 bits per heavy atom. The van der Waals surface area contributed by atoms with Crippen LogP contribution in [0.5, 0.6) is 17.2 Å². The molecule has 0 spiro atoms. The van der Waals surface area contributed by atoms with Gasteiger partial charge in [0.2, 0.25) is 15.8 Å². The van der Waals surface area contributed by atoms with Gasteiger partial charge in [-0.05, 0) is 32.0 Å². The molecule has 31 heavy (non-hydrogen) atoms. The quantitative estimate of drug-likeness (QED) is 0.502. The largest absolute Gasteiger partial charge is 0.493 e. The van der Waals surface area contributed by atoms with Crippen LogP contribution in [0.4, 0.5) is 0 Å². The van der Waals surface area contributed by atoms with Crippen molar-refractivity contribution in [1.82, 2.24) is 20.1 Å². The minimum absolute atomic E-state index is 0.0364. The molecule has 0 radical (unpaired) electrons. The molecular weight excluding hydrogens is 428 g/mol. The second-order valence-electron chi connectivity index (χ2n) is 6.77. The Hall–Kier alpha value is -3.25.